The van der Waals surface area contributed by atoms with Gasteiger partial charge in [0.15, 0.2) is 5.69 Å². The average Bonchev–Trinajstić information content (AvgIpc) is 3.29. The van der Waals surface area contributed by atoms with Crippen molar-refractivity contribution in [3.05, 3.63) is 65.3 Å². The van der Waals surface area contributed by atoms with Gasteiger partial charge >= 0.3 is 0 Å². The summed E-state index contributed by atoms with van der Waals surface area (Å²) in [6.07, 6.45) is 4.88. The molecule has 1 aliphatic heterocycles. The van der Waals surface area contributed by atoms with Crippen molar-refractivity contribution in [2.45, 2.75) is 32.7 Å². The summed E-state index contributed by atoms with van der Waals surface area (Å²) in [6, 6.07) is 7.12. The van der Waals surface area contributed by atoms with Crippen molar-refractivity contribution >= 4 is 5.91 Å². The van der Waals surface area contributed by atoms with Gasteiger partial charge in [-0.15, -0.1) is 0 Å². The molecule has 0 spiro atoms. The van der Waals surface area contributed by atoms with Crippen molar-refractivity contribution in [2.24, 2.45) is 5.92 Å². The third-order valence-electron chi connectivity index (χ3n) is 4.54. The number of imidazole rings is 1. The van der Waals surface area contributed by atoms with E-state index in [1.54, 1.807) is 23.5 Å². The molecule has 1 N–H and O–H groups in total. The molecule has 0 aliphatic carbocycles. The first-order valence-corrected chi connectivity index (χ1v) is 8.83. The maximum absolute atomic E-state index is 13.2. The van der Waals surface area contributed by atoms with Crippen LogP contribution < -0.4 is 0 Å². The van der Waals surface area contributed by atoms with E-state index < -0.39 is 0 Å². The molecule has 0 bridgehead atoms. The number of hydrogen-bond acceptors (Lipinski definition) is 5. The van der Waals surface area contributed by atoms with Crippen LogP contribution in [0.2, 0.25) is 0 Å². The zero-order chi connectivity index (χ0) is 18.1. The molecule has 0 saturated carbocycles. The number of hydrogen-bond donors (Lipinski definition) is 1. The molecule has 0 fully saturated rings. The topological polar surface area (TPSA) is 87.9 Å². The van der Waals surface area contributed by atoms with Crippen molar-refractivity contribution in [1.29, 1.82) is 0 Å². The van der Waals surface area contributed by atoms with E-state index in [0.717, 1.165) is 35.7 Å². The third-order valence-corrected chi connectivity index (χ3v) is 4.54. The smallest absolute Gasteiger partial charge is 0.276 e. The normalized spacial score (nSPS) is 16.7. The van der Waals surface area contributed by atoms with Crippen LogP contribution in [0.25, 0.3) is 0 Å². The zero-order valence-corrected chi connectivity index (χ0v) is 14.8. The molecule has 3 aromatic rings. The van der Waals surface area contributed by atoms with E-state index in [1.165, 1.54) is 0 Å². The maximum atomic E-state index is 13.2. The second-order valence-electron chi connectivity index (χ2n) is 6.95. The molecule has 0 saturated heterocycles. The van der Waals surface area contributed by atoms with Crippen LogP contribution in [0.4, 0.5) is 0 Å². The lowest BCUT2D eigenvalue weighted by molar-refractivity contribution is 0.0676. The lowest BCUT2D eigenvalue weighted by Gasteiger charge is -2.34. The van der Waals surface area contributed by atoms with E-state index in [1.807, 2.05) is 18.2 Å². The molecule has 0 aromatic carbocycles. The number of pyridine rings is 1. The van der Waals surface area contributed by atoms with Gasteiger partial charge in [-0.2, -0.15) is 0 Å². The number of aromatic amines is 1. The number of nitrogens with zero attached hydrogens (tertiary/aromatic N) is 4. The summed E-state index contributed by atoms with van der Waals surface area (Å²) in [6.45, 7) is 4.78. The first kappa shape index (κ1) is 16.5. The number of aromatic nitrogens is 4. The number of amides is 1. The molecule has 4 heterocycles. The molecule has 26 heavy (non-hydrogen) atoms. The van der Waals surface area contributed by atoms with Gasteiger partial charge in [0, 0.05) is 37.3 Å². The van der Waals surface area contributed by atoms with Crippen molar-refractivity contribution in [2.75, 3.05) is 6.54 Å². The fraction of sp³-hybridized carbons (Fsp3) is 0.368. The standard InChI is InChI=1S/C19H21N5O2/c1-12(2)9-13-10-16(23-26-13)19(25)24-8-6-14-17(22-11-21-14)18(24)15-5-3-4-7-20-15/h3-5,7,10-12,18H,6,8-9H2,1-2H3,(H,21,22)/t18-/m0/s1. The minimum absolute atomic E-state index is 0.159. The summed E-state index contributed by atoms with van der Waals surface area (Å²) in [4.78, 5) is 27.0. The van der Waals surface area contributed by atoms with E-state index in [2.05, 4.69) is 34.0 Å². The fourth-order valence-electron chi connectivity index (χ4n) is 3.39. The van der Waals surface area contributed by atoms with Crippen LogP contribution in [-0.4, -0.2) is 37.5 Å². The van der Waals surface area contributed by atoms with Gasteiger partial charge in [-0.1, -0.05) is 25.1 Å². The number of carbonyl (C=O) groups excluding carboxylic acids is 1. The van der Waals surface area contributed by atoms with Crippen molar-refractivity contribution in [1.82, 2.24) is 25.0 Å². The Kier molecular flexibility index (Phi) is 4.28. The Balaban J connectivity index is 1.68. The first-order chi connectivity index (χ1) is 12.6. The van der Waals surface area contributed by atoms with E-state index >= 15 is 0 Å². The Bertz CT molecular complexity index is 900. The zero-order valence-electron chi connectivity index (χ0n) is 14.8. The van der Waals surface area contributed by atoms with Crippen molar-refractivity contribution < 1.29 is 9.32 Å². The highest BCUT2D eigenvalue weighted by atomic mass is 16.5. The lowest BCUT2D eigenvalue weighted by atomic mass is 9.98. The van der Waals surface area contributed by atoms with Gasteiger partial charge in [0.2, 0.25) is 0 Å². The summed E-state index contributed by atoms with van der Waals surface area (Å²) >= 11 is 0. The molecule has 1 amide bonds. The monoisotopic (exact) mass is 351 g/mol. The highest BCUT2D eigenvalue weighted by molar-refractivity contribution is 5.93. The first-order valence-electron chi connectivity index (χ1n) is 8.83. The second-order valence-corrected chi connectivity index (χ2v) is 6.95. The average molecular weight is 351 g/mol. The number of rotatable bonds is 4. The van der Waals surface area contributed by atoms with Crippen LogP contribution in [0.15, 0.2) is 41.3 Å². The Morgan fingerprint density at radius 1 is 1.38 bits per heavy atom. The Morgan fingerprint density at radius 3 is 3.04 bits per heavy atom. The van der Waals surface area contributed by atoms with Crippen LogP contribution in [-0.2, 0) is 12.8 Å². The number of fused-ring (bicyclic) bond motifs is 1. The van der Waals surface area contributed by atoms with Crippen LogP contribution in [0.5, 0.6) is 0 Å². The SMILES string of the molecule is CC(C)Cc1cc(C(=O)N2CCc3[nH]cnc3[C@@H]2c2ccccn2)no1. The predicted octanol–water partition coefficient (Wildman–Crippen LogP) is 2.78. The Hall–Kier alpha value is -2.96. The molecule has 4 rings (SSSR count). The number of H-pyrrole nitrogens is 1. The maximum Gasteiger partial charge on any atom is 0.276 e. The molecular weight excluding hydrogens is 330 g/mol. The predicted molar refractivity (Wildman–Crippen MR) is 94.5 cm³/mol. The lowest BCUT2D eigenvalue weighted by Crippen LogP contribution is -2.41. The summed E-state index contributed by atoms with van der Waals surface area (Å²) < 4.78 is 5.35. The number of carbonyl (C=O) groups is 1. The molecule has 1 atom stereocenters. The molecule has 0 radical (unpaired) electrons. The Morgan fingerprint density at radius 2 is 2.27 bits per heavy atom. The van der Waals surface area contributed by atoms with Gasteiger partial charge < -0.3 is 14.4 Å². The van der Waals surface area contributed by atoms with E-state index in [4.69, 9.17) is 4.52 Å². The number of nitrogens with one attached hydrogen (secondary N) is 1. The minimum atomic E-state index is -0.330. The highest BCUT2D eigenvalue weighted by Crippen LogP contribution is 2.33. The largest absolute Gasteiger partial charge is 0.361 e. The van der Waals surface area contributed by atoms with Gasteiger partial charge in [0.1, 0.15) is 11.8 Å². The summed E-state index contributed by atoms with van der Waals surface area (Å²) in [5, 5.41) is 4.00. The molecule has 134 valence electrons. The van der Waals surface area contributed by atoms with E-state index in [9.17, 15) is 4.79 Å². The van der Waals surface area contributed by atoms with Gasteiger partial charge in [0.05, 0.1) is 17.7 Å². The summed E-state index contributed by atoms with van der Waals surface area (Å²) in [5.41, 5.74) is 3.01. The van der Waals surface area contributed by atoms with Crippen LogP contribution in [0, 0.1) is 5.92 Å². The van der Waals surface area contributed by atoms with E-state index in [0.29, 0.717) is 18.2 Å². The molecule has 3 aromatic heterocycles. The summed E-state index contributed by atoms with van der Waals surface area (Å²) in [5.74, 6) is 1.01. The van der Waals surface area contributed by atoms with Crippen molar-refractivity contribution in [3.63, 3.8) is 0 Å². The quantitative estimate of drug-likeness (QED) is 0.781. The summed E-state index contributed by atoms with van der Waals surface area (Å²) in [7, 11) is 0. The second kappa shape index (κ2) is 6.74. The van der Waals surface area contributed by atoms with Gasteiger partial charge in [-0.3, -0.25) is 9.78 Å². The molecular formula is C19H21N5O2. The Labute approximate surface area is 151 Å². The molecule has 1 aliphatic rings. The third kappa shape index (κ3) is 3.00. The van der Waals surface area contributed by atoms with Crippen LogP contribution in [0.3, 0.4) is 0 Å². The fourth-order valence-corrected chi connectivity index (χ4v) is 3.39. The molecule has 7 nitrogen and oxygen atoms in total. The highest BCUT2D eigenvalue weighted by Gasteiger charge is 2.36. The van der Waals surface area contributed by atoms with Crippen molar-refractivity contribution in [3.8, 4) is 0 Å². The molecule has 0 unspecified atom stereocenters. The van der Waals surface area contributed by atoms with Crippen LogP contribution in [0.1, 0.15) is 53.2 Å². The minimum Gasteiger partial charge on any atom is -0.361 e. The van der Waals surface area contributed by atoms with Crippen LogP contribution >= 0.6 is 0 Å². The van der Waals surface area contributed by atoms with Gasteiger partial charge in [-0.05, 0) is 18.1 Å². The van der Waals surface area contributed by atoms with E-state index in [-0.39, 0.29) is 11.9 Å². The molecule has 7 heteroatoms. The van der Waals surface area contributed by atoms with Gasteiger partial charge in [-0.25, -0.2) is 4.98 Å². The van der Waals surface area contributed by atoms with Gasteiger partial charge in [0.25, 0.3) is 5.91 Å².